The van der Waals surface area contributed by atoms with Crippen molar-refractivity contribution in [1.82, 2.24) is 10.3 Å². The number of fused-ring (bicyclic) bond motifs is 1. The fourth-order valence-corrected chi connectivity index (χ4v) is 3.82. The molecule has 3 rings (SSSR count). The van der Waals surface area contributed by atoms with Crippen LogP contribution in [0.2, 0.25) is 0 Å². The van der Waals surface area contributed by atoms with Gasteiger partial charge in [-0.25, -0.2) is 4.98 Å². The van der Waals surface area contributed by atoms with Crippen LogP contribution in [0.3, 0.4) is 0 Å². The third kappa shape index (κ3) is 3.18. The van der Waals surface area contributed by atoms with E-state index in [4.69, 9.17) is 5.73 Å². The molecule has 2 atom stereocenters. The van der Waals surface area contributed by atoms with Crippen LogP contribution in [0, 0.1) is 5.92 Å². The Morgan fingerprint density at radius 1 is 1.33 bits per heavy atom. The van der Waals surface area contributed by atoms with Crippen molar-refractivity contribution in [2.75, 3.05) is 5.73 Å². The number of hydrogen-bond donors (Lipinski definition) is 2. The summed E-state index contributed by atoms with van der Waals surface area (Å²) in [6.45, 7) is 2.24. The van der Waals surface area contributed by atoms with Crippen LogP contribution >= 0.6 is 11.3 Å². The summed E-state index contributed by atoms with van der Waals surface area (Å²) in [7, 11) is 0. The van der Waals surface area contributed by atoms with Crippen LogP contribution in [-0.2, 0) is 0 Å². The molecule has 2 aromatic rings. The highest BCUT2D eigenvalue weighted by atomic mass is 32.1. The van der Waals surface area contributed by atoms with Gasteiger partial charge in [-0.1, -0.05) is 37.5 Å². The lowest BCUT2D eigenvalue weighted by atomic mass is 9.96. The Hall–Kier alpha value is -1.62. The van der Waals surface area contributed by atoms with Crippen LogP contribution in [-0.4, -0.2) is 16.9 Å². The average molecular weight is 303 g/mol. The van der Waals surface area contributed by atoms with Crippen LogP contribution in [0.25, 0.3) is 10.2 Å². The first-order chi connectivity index (χ1) is 10.1. The number of carbonyl (C=O) groups is 1. The molecule has 1 aromatic heterocycles. The molecular formula is C16H21N3OS. The third-order valence-corrected chi connectivity index (χ3v) is 5.19. The summed E-state index contributed by atoms with van der Waals surface area (Å²) in [6, 6.07) is 5.88. The molecule has 2 unspecified atom stereocenters. The molecule has 1 aromatic carbocycles. The second-order valence-electron chi connectivity index (χ2n) is 5.93. The van der Waals surface area contributed by atoms with Crippen LogP contribution in [0.1, 0.15) is 49.4 Å². The number of anilines is 1. The number of carbonyl (C=O) groups excluding carboxylic acids is 1. The van der Waals surface area contributed by atoms with Gasteiger partial charge >= 0.3 is 0 Å². The van der Waals surface area contributed by atoms with Crippen LogP contribution in [0.5, 0.6) is 0 Å². The molecule has 0 aliphatic heterocycles. The number of rotatable bonds is 2. The molecule has 4 nitrogen and oxygen atoms in total. The van der Waals surface area contributed by atoms with Gasteiger partial charge in [0, 0.05) is 11.6 Å². The summed E-state index contributed by atoms with van der Waals surface area (Å²) in [5.74, 6) is 0.571. The van der Waals surface area contributed by atoms with Gasteiger partial charge in [-0.15, -0.1) is 0 Å². The number of nitrogens with two attached hydrogens (primary N) is 1. The molecule has 0 bridgehead atoms. The summed E-state index contributed by atoms with van der Waals surface area (Å²) >= 11 is 1.42. The van der Waals surface area contributed by atoms with Crippen molar-refractivity contribution in [1.29, 1.82) is 0 Å². The van der Waals surface area contributed by atoms with Crippen molar-refractivity contribution in [3.63, 3.8) is 0 Å². The summed E-state index contributed by atoms with van der Waals surface area (Å²) < 4.78 is 0.967. The van der Waals surface area contributed by atoms with Gasteiger partial charge in [0.25, 0.3) is 5.91 Å². The summed E-state index contributed by atoms with van der Waals surface area (Å²) in [4.78, 5) is 16.7. The third-order valence-electron chi connectivity index (χ3n) is 4.35. The lowest BCUT2D eigenvalue weighted by Gasteiger charge is -2.22. The molecule has 0 saturated heterocycles. The maximum Gasteiger partial charge on any atom is 0.251 e. The predicted octanol–water partition coefficient (Wildman–Crippen LogP) is 3.58. The fraction of sp³-hybridized carbons (Fsp3) is 0.500. The number of thiazole rings is 1. The van der Waals surface area contributed by atoms with Crippen LogP contribution in [0.4, 0.5) is 5.13 Å². The molecule has 21 heavy (non-hydrogen) atoms. The second kappa shape index (κ2) is 6.02. The van der Waals surface area contributed by atoms with Crippen molar-refractivity contribution in [3.05, 3.63) is 23.8 Å². The van der Waals surface area contributed by atoms with E-state index >= 15 is 0 Å². The number of aromatic nitrogens is 1. The highest BCUT2D eigenvalue weighted by Gasteiger charge is 2.22. The van der Waals surface area contributed by atoms with Gasteiger partial charge in [-0.3, -0.25) is 4.79 Å². The quantitative estimate of drug-likeness (QED) is 0.833. The first kappa shape index (κ1) is 14.3. The normalized spacial score (nSPS) is 22.9. The van der Waals surface area contributed by atoms with E-state index in [1.807, 2.05) is 18.2 Å². The summed E-state index contributed by atoms with van der Waals surface area (Å²) in [5, 5.41) is 3.75. The number of amides is 1. The van der Waals surface area contributed by atoms with Gasteiger partial charge < -0.3 is 11.1 Å². The van der Waals surface area contributed by atoms with E-state index in [1.165, 1.54) is 37.0 Å². The molecule has 1 heterocycles. The Morgan fingerprint density at radius 2 is 2.14 bits per heavy atom. The van der Waals surface area contributed by atoms with Crippen molar-refractivity contribution < 1.29 is 4.79 Å². The summed E-state index contributed by atoms with van der Waals surface area (Å²) in [6.07, 6.45) is 6.06. The van der Waals surface area contributed by atoms with Gasteiger partial charge in [0.1, 0.15) is 0 Å². The van der Waals surface area contributed by atoms with Crippen LogP contribution in [0.15, 0.2) is 18.2 Å². The molecule has 0 spiro atoms. The Balaban J connectivity index is 1.76. The highest BCUT2D eigenvalue weighted by molar-refractivity contribution is 7.22. The average Bonchev–Trinajstić information content (AvgIpc) is 2.72. The van der Waals surface area contributed by atoms with E-state index in [0.29, 0.717) is 22.7 Å². The topological polar surface area (TPSA) is 68.0 Å². The minimum absolute atomic E-state index is 0.0163. The van der Waals surface area contributed by atoms with Crippen molar-refractivity contribution in [2.24, 2.45) is 5.92 Å². The van der Waals surface area contributed by atoms with Crippen LogP contribution < -0.4 is 11.1 Å². The number of nitrogens with one attached hydrogen (secondary N) is 1. The van der Waals surface area contributed by atoms with Gasteiger partial charge in [0.15, 0.2) is 5.13 Å². The first-order valence-corrected chi connectivity index (χ1v) is 8.42. The molecule has 5 heteroatoms. The zero-order valence-electron chi connectivity index (χ0n) is 12.3. The lowest BCUT2D eigenvalue weighted by Crippen LogP contribution is -2.38. The zero-order valence-corrected chi connectivity index (χ0v) is 13.1. The highest BCUT2D eigenvalue weighted by Crippen LogP contribution is 2.26. The molecule has 0 radical (unpaired) electrons. The van der Waals surface area contributed by atoms with Gasteiger partial charge in [-0.2, -0.15) is 0 Å². The summed E-state index contributed by atoms with van der Waals surface area (Å²) in [5.41, 5.74) is 7.26. The van der Waals surface area contributed by atoms with Crippen molar-refractivity contribution >= 4 is 32.6 Å². The van der Waals surface area contributed by atoms with Crippen molar-refractivity contribution in [2.45, 2.75) is 45.1 Å². The Morgan fingerprint density at radius 3 is 3.00 bits per heavy atom. The molecular weight excluding hydrogens is 282 g/mol. The molecule has 1 aliphatic carbocycles. The number of nitrogen functional groups attached to an aromatic ring is 1. The molecule has 1 fully saturated rings. The van der Waals surface area contributed by atoms with E-state index in [0.717, 1.165) is 16.6 Å². The van der Waals surface area contributed by atoms with Crippen molar-refractivity contribution in [3.8, 4) is 0 Å². The lowest BCUT2D eigenvalue weighted by molar-refractivity contribution is 0.0921. The maximum atomic E-state index is 12.5. The SMILES string of the molecule is CC1CCCCCC1NC(=O)c1ccc2nc(N)sc2c1. The monoisotopic (exact) mass is 303 g/mol. The zero-order chi connectivity index (χ0) is 14.8. The van der Waals surface area contributed by atoms with E-state index in [1.54, 1.807) is 0 Å². The molecule has 1 aliphatic rings. The number of benzene rings is 1. The Bertz CT molecular complexity index is 652. The minimum Gasteiger partial charge on any atom is -0.375 e. The maximum absolute atomic E-state index is 12.5. The molecule has 1 saturated carbocycles. The predicted molar refractivity (Wildman–Crippen MR) is 87.5 cm³/mol. The largest absolute Gasteiger partial charge is 0.375 e. The Labute approximate surface area is 128 Å². The fourth-order valence-electron chi connectivity index (χ4n) is 3.04. The molecule has 3 N–H and O–H groups in total. The molecule has 1 amide bonds. The van der Waals surface area contributed by atoms with E-state index in [9.17, 15) is 4.79 Å². The standard InChI is InChI=1S/C16H21N3OS/c1-10-5-3-2-4-6-12(10)18-15(20)11-7-8-13-14(9-11)21-16(17)19-13/h7-10,12H,2-6H2,1H3,(H2,17,19)(H,18,20). The van der Waals surface area contributed by atoms with E-state index in [-0.39, 0.29) is 5.91 Å². The van der Waals surface area contributed by atoms with Gasteiger partial charge in [0.2, 0.25) is 0 Å². The smallest absolute Gasteiger partial charge is 0.251 e. The van der Waals surface area contributed by atoms with Gasteiger partial charge in [0.05, 0.1) is 10.2 Å². The molecule has 112 valence electrons. The van der Waals surface area contributed by atoms with Gasteiger partial charge in [-0.05, 0) is 37.0 Å². The Kier molecular flexibility index (Phi) is 4.10. The van der Waals surface area contributed by atoms with E-state index < -0.39 is 0 Å². The number of nitrogens with zero attached hydrogens (tertiary/aromatic N) is 1. The first-order valence-electron chi connectivity index (χ1n) is 7.60. The van der Waals surface area contributed by atoms with E-state index in [2.05, 4.69) is 17.2 Å². The second-order valence-corrected chi connectivity index (χ2v) is 6.99. The minimum atomic E-state index is 0.0163. The number of hydrogen-bond acceptors (Lipinski definition) is 4.